The van der Waals surface area contributed by atoms with E-state index >= 15 is 0 Å². The molecule has 0 fully saturated rings. The predicted molar refractivity (Wildman–Crippen MR) is 155 cm³/mol. The van der Waals surface area contributed by atoms with Crippen LogP contribution in [0.2, 0.25) is 0 Å². The summed E-state index contributed by atoms with van der Waals surface area (Å²) >= 11 is 2.25. The second kappa shape index (κ2) is 10.8. The van der Waals surface area contributed by atoms with E-state index in [4.69, 9.17) is 14.5 Å². The Hall–Kier alpha value is -3.20. The first-order valence-corrected chi connectivity index (χ1v) is 13.0. The van der Waals surface area contributed by atoms with Crippen LogP contribution in [-0.2, 0) is 0 Å². The van der Waals surface area contributed by atoms with E-state index in [2.05, 4.69) is 47.6 Å². The third kappa shape index (κ3) is 5.31. The summed E-state index contributed by atoms with van der Waals surface area (Å²) in [6, 6.07) is 17.2. The Morgan fingerprint density at radius 3 is 2.44 bits per heavy atom. The smallest absolute Gasteiger partial charge is 0.282 e. The van der Waals surface area contributed by atoms with Crippen LogP contribution in [0.15, 0.2) is 64.5 Å². The van der Waals surface area contributed by atoms with E-state index in [9.17, 15) is 4.79 Å². The summed E-state index contributed by atoms with van der Waals surface area (Å²) in [5, 5.41) is 5.15. The fraction of sp³-hybridized carbons (Fsp3) is 0.276. The van der Waals surface area contributed by atoms with Gasteiger partial charge in [-0.1, -0.05) is 26.0 Å². The fourth-order valence-corrected chi connectivity index (χ4v) is 4.71. The van der Waals surface area contributed by atoms with Crippen LogP contribution in [0.3, 0.4) is 0 Å². The van der Waals surface area contributed by atoms with Gasteiger partial charge in [0.1, 0.15) is 11.5 Å². The predicted octanol–water partition coefficient (Wildman–Crippen LogP) is 6.78. The highest BCUT2D eigenvalue weighted by molar-refractivity contribution is 14.1. The third-order valence-corrected chi connectivity index (χ3v) is 6.68. The molecular formula is C29H30IN3O3. The van der Waals surface area contributed by atoms with Crippen molar-refractivity contribution in [1.29, 1.82) is 0 Å². The fourth-order valence-electron chi connectivity index (χ4n) is 4.04. The van der Waals surface area contributed by atoms with E-state index in [1.807, 2.05) is 63.2 Å². The second-order valence-electron chi connectivity index (χ2n) is 9.23. The highest BCUT2D eigenvalue weighted by atomic mass is 127. The molecule has 186 valence electrons. The molecule has 7 heteroatoms. The van der Waals surface area contributed by atoms with Crippen LogP contribution in [-0.4, -0.2) is 29.1 Å². The zero-order chi connectivity index (χ0) is 26.0. The van der Waals surface area contributed by atoms with Crippen molar-refractivity contribution in [2.75, 3.05) is 7.11 Å². The third-order valence-electron chi connectivity index (χ3n) is 5.83. The van der Waals surface area contributed by atoms with Gasteiger partial charge in [-0.25, -0.2) is 4.98 Å². The number of para-hydroxylation sites is 1. The Morgan fingerprint density at radius 1 is 1.03 bits per heavy atom. The van der Waals surface area contributed by atoms with Crippen molar-refractivity contribution >= 4 is 39.7 Å². The number of methoxy groups -OCH3 is 1. The molecule has 0 saturated heterocycles. The van der Waals surface area contributed by atoms with Crippen molar-refractivity contribution < 1.29 is 9.47 Å². The van der Waals surface area contributed by atoms with Crippen molar-refractivity contribution in [1.82, 2.24) is 9.66 Å². The molecule has 0 radical (unpaired) electrons. The van der Waals surface area contributed by atoms with E-state index in [-0.39, 0.29) is 17.6 Å². The summed E-state index contributed by atoms with van der Waals surface area (Å²) in [7, 11) is 1.67. The van der Waals surface area contributed by atoms with Crippen molar-refractivity contribution in [3.63, 3.8) is 0 Å². The summed E-state index contributed by atoms with van der Waals surface area (Å²) in [6.07, 6.45) is 1.77. The van der Waals surface area contributed by atoms with Crippen molar-refractivity contribution in [3.8, 4) is 22.9 Å². The van der Waals surface area contributed by atoms with Gasteiger partial charge in [0, 0.05) is 5.56 Å². The van der Waals surface area contributed by atoms with E-state index < -0.39 is 0 Å². The van der Waals surface area contributed by atoms with Crippen molar-refractivity contribution in [3.05, 3.63) is 85.2 Å². The molecule has 0 atom stereocenters. The minimum absolute atomic E-state index is 0.0892. The molecule has 0 spiro atoms. The van der Waals surface area contributed by atoms with Crippen molar-refractivity contribution in [2.24, 2.45) is 5.10 Å². The first-order chi connectivity index (χ1) is 17.2. The van der Waals surface area contributed by atoms with Crippen molar-refractivity contribution in [2.45, 2.75) is 46.6 Å². The lowest BCUT2D eigenvalue weighted by Crippen LogP contribution is -2.20. The van der Waals surface area contributed by atoms with Gasteiger partial charge >= 0.3 is 0 Å². The number of fused-ring (bicyclic) bond motifs is 1. The normalized spacial score (nSPS) is 11.7. The zero-order valence-corrected chi connectivity index (χ0v) is 23.5. The first kappa shape index (κ1) is 25.9. The van der Waals surface area contributed by atoms with Gasteiger partial charge in [0.25, 0.3) is 5.56 Å². The minimum Gasteiger partial charge on any atom is -0.496 e. The van der Waals surface area contributed by atoms with E-state index in [1.54, 1.807) is 19.4 Å². The van der Waals surface area contributed by atoms with Gasteiger partial charge in [-0.3, -0.25) is 4.79 Å². The molecule has 0 N–H and O–H groups in total. The lowest BCUT2D eigenvalue weighted by molar-refractivity contribution is 0.240. The molecule has 36 heavy (non-hydrogen) atoms. The molecule has 1 heterocycles. The van der Waals surface area contributed by atoms with Crippen LogP contribution in [0.4, 0.5) is 0 Å². The topological polar surface area (TPSA) is 65.7 Å². The van der Waals surface area contributed by atoms with E-state index in [0.29, 0.717) is 16.7 Å². The molecule has 0 aliphatic rings. The monoisotopic (exact) mass is 595 g/mol. The van der Waals surface area contributed by atoms with Gasteiger partial charge in [0.05, 0.1) is 33.9 Å². The molecule has 0 aliphatic carbocycles. The largest absolute Gasteiger partial charge is 0.496 e. The number of aromatic nitrogens is 2. The Bertz CT molecular complexity index is 1510. The lowest BCUT2D eigenvalue weighted by atomic mass is 9.96. The molecule has 3 aromatic carbocycles. The van der Waals surface area contributed by atoms with Gasteiger partial charge in [-0.2, -0.15) is 9.78 Å². The van der Waals surface area contributed by atoms with Crippen LogP contribution >= 0.6 is 22.6 Å². The number of aryl methyl sites for hydroxylation is 1. The quantitative estimate of drug-likeness (QED) is 0.175. The SMILES string of the molecule is COc1cc(C)c(-c2nc3ccccc3c(=O)n2N=Cc2ccc(OC(C)C)c(I)c2)cc1C(C)C. The standard InChI is InChI=1S/C29H30IN3O3/c1-17(2)22-15-23(19(5)13-27(22)35-6)28-32-25-10-8-7-9-21(25)29(34)33(28)31-16-20-11-12-26(24(30)14-20)36-18(3)4/h7-18H,1-6H3. The highest BCUT2D eigenvalue weighted by Gasteiger charge is 2.18. The zero-order valence-electron chi connectivity index (χ0n) is 21.4. The van der Waals surface area contributed by atoms with Crippen LogP contribution in [0, 0.1) is 10.5 Å². The average molecular weight is 595 g/mol. The molecule has 6 nitrogen and oxygen atoms in total. The van der Waals surface area contributed by atoms with Crippen LogP contribution < -0.4 is 15.0 Å². The Morgan fingerprint density at radius 2 is 1.78 bits per heavy atom. The summed E-state index contributed by atoms with van der Waals surface area (Å²) in [5.74, 6) is 2.37. The Labute approximate surface area is 225 Å². The highest BCUT2D eigenvalue weighted by Crippen LogP contribution is 2.34. The Balaban J connectivity index is 1.90. The van der Waals surface area contributed by atoms with Gasteiger partial charge in [0.15, 0.2) is 5.82 Å². The van der Waals surface area contributed by atoms with E-state index in [1.165, 1.54) is 4.68 Å². The molecule has 0 aliphatic heterocycles. The maximum Gasteiger partial charge on any atom is 0.282 e. The van der Waals surface area contributed by atoms with Crippen LogP contribution in [0.5, 0.6) is 11.5 Å². The number of nitrogens with zero attached hydrogens (tertiary/aromatic N) is 3. The molecule has 0 saturated carbocycles. The maximum atomic E-state index is 13.6. The number of hydrogen-bond acceptors (Lipinski definition) is 5. The van der Waals surface area contributed by atoms with Gasteiger partial charge in [-0.15, -0.1) is 0 Å². The molecule has 4 rings (SSSR count). The lowest BCUT2D eigenvalue weighted by Gasteiger charge is -2.17. The summed E-state index contributed by atoms with van der Waals surface area (Å²) in [6.45, 7) is 10.2. The summed E-state index contributed by atoms with van der Waals surface area (Å²) in [4.78, 5) is 18.5. The Kier molecular flexibility index (Phi) is 7.78. The molecule has 0 amide bonds. The number of rotatable bonds is 7. The number of ether oxygens (including phenoxy) is 2. The number of halogens is 1. The maximum absolute atomic E-state index is 13.6. The average Bonchev–Trinajstić information content (AvgIpc) is 2.84. The van der Waals surface area contributed by atoms with Crippen LogP contribution in [0.25, 0.3) is 22.3 Å². The van der Waals surface area contributed by atoms with Gasteiger partial charge in [-0.05, 0) is 108 Å². The van der Waals surface area contributed by atoms with E-state index in [0.717, 1.165) is 37.3 Å². The molecule has 4 aromatic rings. The van der Waals surface area contributed by atoms with Gasteiger partial charge < -0.3 is 9.47 Å². The first-order valence-electron chi connectivity index (χ1n) is 11.9. The second-order valence-corrected chi connectivity index (χ2v) is 10.4. The molecule has 1 aromatic heterocycles. The molecular weight excluding hydrogens is 565 g/mol. The summed E-state index contributed by atoms with van der Waals surface area (Å²) in [5.41, 5.74) is 4.11. The molecule has 0 unspecified atom stereocenters. The minimum atomic E-state index is -0.220. The summed E-state index contributed by atoms with van der Waals surface area (Å²) < 4.78 is 13.8. The number of hydrogen-bond donors (Lipinski definition) is 0. The van der Waals surface area contributed by atoms with Crippen LogP contribution in [0.1, 0.15) is 50.3 Å². The van der Waals surface area contributed by atoms with Gasteiger partial charge in [0.2, 0.25) is 0 Å². The molecule has 0 bridgehead atoms. The number of benzene rings is 3.